The lowest BCUT2D eigenvalue weighted by molar-refractivity contribution is 0.954. The van der Waals surface area contributed by atoms with Crippen LogP contribution in [0.1, 0.15) is 0 Å². The van der Waals surface area contributed by atoms with Crippen molar-refractivity contribution in [3.63, 3.8) is 0 Å². The Balaban J connectivity index is 2.32. The minimum absolute atomic E-state index is 0.495. The molecule has 0 spiro atoms. The second kappa shape index (κ2) is 6.09. The van der Waals surface area contributed by atoms with E-state index in [9.17, 15) is 0 Å². The van der Waals surface area contributed by atoms with Crippen LogP contribution in [0, 0.1) is 0 Å². The first-order valence-electron chi connectivity index (χ1n) is 3.38. The third-order valence-electron chi connectivity index (χ3n) is 1.04. The summed E-state index contributed by atoms with van der Waals surface area (Å²) in [5, 5.41) is 11.3. The van der Waals surface area contributed by atoms with Crippen LogP contribution < -0.4 is 0 Å². The lowest BCUT2D eigenvalue weighted by Gasteiger charge is -1.88. The summed E-state index contributed by atoms with van der Waals surface area (Å²) in [7, 11) is 0. The van der Waals surface area contributed by atoms with E-state index in [1.165, 1.54) is 0 Å². The molecule has 1 rings (SSSR count). The Morgan fingerprint density at radius 2 is 2.31 bits per heavy atom. The molecule has 0 radical (unpaired) electrons. The third-order valence-corrected chi connectivity index (χ3v) is 4.05. The molecule has 1 heterocycles. The molecule has 1 aromatic heterocycles. The van der Waals surface area contributed by atoms with Gasteiger partial charge in [0, 0.05) is 17.2 Å². The standard InChI is InChI=1S/C5H7N5S3/c1-11-4-8-9-5(13-4)12-3-2-7-10-6/h2-3H2,1H3. The van der Waals surface area contributed by atoms with Crippen LogP contribution in [0.3, 0.4) is 0 Å². The van der Waals surface area contributed by atoms with Crippen LogP contribution in [-0.2, 0) is 0 Å². The highest BCUT2D eigenvalue weighted by molar-refractivity contribution is 8.02. The molecule has 0 saturated heterocycles. The molecule has 0 atom stereocenters. The Labute approximate surface area is 88.0 Å². The van der Waals surface area contributed by atoms with Gasteiger partial charge in [0.15, 0.2) is 8.68 Å². The van der Waals surface area contributed by atoms with Crippen LogP contribution in [0.4, 0.5) is 0 Å². The first kappa shape index (κ1) is 10.6. The minimum atomic E-state index is 0.495. The summed E-state index contributed by atoms with van der Waals surface area (Å²) in [6.45, 7) is 0.495. The van der Waals surface area contributed by atoms with Crippen molar-refractivity contribution in [3.05, 3.63) is 10.4 Å². The maximum atomic E-state index is 8.03. The van der Waals surface area contributed by atoms with Crippen molar-refractivity contribution in [2.45, 2.75) is 8.68 Å². The molecule has 1 aromatic rings. The van der Waals surface area contributed by atoms with E-state index in [4.69, 9.17) is 5.53 Å². The Morgan fingerprint density at radius 3 is 2.92 bits per heavy atom. The van der Waals surface area contributed by atoms with E-state index in [1.807, 2.05) is 6.26 Å². The summed E-state index contributed by atoms with van der Waals surface area (Å²) in [5.74, 6) is 0.757. The smallest absolute Gasteiger partial charge is 0.131 e. The topological polar surface area (TPSA) is 74.5 Å². The molecule has 0 aliphatic rings. The monoisotopic (exact) mass is 233 g/mol. The van der Waals surface area contributed by atoms with Gasteiger partial charge in [0.2, 0.25) is 0 Å². The molecule has 0 fully saturated rings. The third kappa shape index (κ3) is 3.86. The van der Waals surface area contributed by atoms with Crippen molar-refractivity contribution in [3.8, 4) is 0 Å². The second-order valence-corrected chi connectivity index (χ2v) is 5.21. The summed E-state index contributed by atoms with van der Waals surface area (Å²) in [5.41, 5.74) is 8.03. The molecule has 0 N–H and O–H groups in total. The number of nitrogens with zero attached hydrogens (tertiary/aromatic N) is 5. The highest BCUT2D eigenvalue weighted by atomic mass is 32.2. The summed E-state index contributed by atoms with van der Waals surface area (Å²) in [4.78, 5) is 2.66. The molecule has 0 aromatic carbocycles. The lowest BCUT2D eigenvalue weighted by atomic mass is 10.8. The molecule has 70 valence electrons. The van der Waals surface area contributed by atoms with Crippen LogP contribution in [-0.4, -0.2) is 28.8 Å². The fourth-order valence-electron chi connectivity index (χ4n) is 0.556. The van der Waals surface area contributed by atoms with E-state index in [1.54, 1.807) is 34.9 Å². The Bertz CT molecular complexity index is 305. The maximum absolute atomic E-state index is 8.03. The quantitative estimate of drug-likeness (QED) is 0.257. The van der Waals surface area contributed by atoms with E-state index >= 15 is 0 Å². The van der Waals surface area contributed by atoms with Crippen molar-refractivity contribution in [2.75, 3.05) is 18.6 Å². The van der Waals surface area contributed by atoms with Crippen LogP contribution in [0.2, 0.25) is 0 Å². The Morgan fingerprint density at radius 1 is 1.54 bits per heavy atom. The SMILES string of the molecule is CSc1nnc(SCCN=[N+]=[N-])s1. The van der Waals surface area contributed by atoms with Crippen molar-refractivity contribution in [2.24, 2.45) is 5.11 Å². The van der Waals surface area contributed by atoms with Gasteiger partial charge < -0.3 is 0 Å². The number of azide groups is 1. The molecular weight excluding hydrogens is 226 g/mol. The first-order valence-corrected chi connectivity index (χ1v) is 6.40. The number of rotatable bonds is 5. The van der Waals surface area contributed by atoms with Gasteiger partial charge in [0.05, 0.1) is 0 Å². The van der Waals surface area contributed by atoms with E-state index in [-0.39, 0.29) is 0 Å². The predicted octanol–water partition coefficient (Wildman–Crippen LogP) is 2.66. The van der Waals surface area contributed by atoms with Gasteiger partial charge >= 0.3 is 0 Å². The average molecular weight is 233 g/mol. The zero-order chi connectivity index (χ0) is 9.52. The molecule has 0 saturated carbocycles. The average Bonchev–Trinajstić information content (AvgIpc) is 2.60. The fraction of sp³-hybridized carbons (Fsp3) is 0.600. The molecule has 0 bridgehead atoms. The summed E-state index contributed by atoms with van der Waals surface area (Å²) in [6.07, 6.45) is 1.97. The minimum Gasteiger partial charge on any atom is -0.131 e. The van der Waals surface area contributed by atoms with Gasteiger partial charge in [-0.15, -0.1) is 10.2 Å². The number of thioether (sulfide) groups is 2. The van der Waals surface area contributed by atoms with Gasteiger partial charge in [-0.25, -0.2) is 0 Å². The van der Waals surface area contributed by atoms with E-state index < -0.39 is 0 Å². The predicted molar refractivity (Wildman–Crippen MR) is 56.4 cm³/mol. The van der Waals surface area contributed by atoms with Gasteiger partial charge in [-0.1, -0.05) is 40.0 Å². The van der Waals surface area contributed by atoms with Crippen molar-refractivity contribution >= 4 is 34.9 Å². The van der Waals surface area contributed by atoms with E-state index in [0.717, 1.165) is 14.4 Å². The maximum Gasteiger partial charge on any atom is 0.175 e. The molecule has 13 heavy (non-hydrogen) atoms. The van der Waals surface area contributed by atoms with Crippen molar-refractivity contribution in [1.82, 2.24) is 10.2 Å². The zero-order valence-electron chi connectivity index (χ0n) is 6.88. The van der Waals surface area contributed by atoms with Crippen LogP contribution in [0.5, 0.6) is 0 Å². The zero-order valence-corrected chi connectivity index (χ0v) is 9.32. The highest BCUT2D eigenvalue weighted by Crippen LogP contribution is 2.26. The van der Waals surface area contributed by atoms with E-state index in [0.29, 0.717) is 6.54 Å². The second-order valence-electron chi connectivity index (χ2n) is 1.84. The van der Waals surface area contributed by atoms with Crippen LogP contribution in [0.15, 0.2) is 13.8 Å². The van der Waals surface area contributed by atoms with E-state index in [2.05, 4.69) is 20.2 Å². The Hall–Kier alpha value is -0.430. The van der Waals surface area contributed by atoms with Gasteiger partial charge in [0.1, 0.15) is 0 Å². The lowest BCUT2D eigenvalue weighted by Crippen LogP contribution is -1.82. The van der Waals surface area contributed by atoms with Crippen molar-refractivity contribution < 1.29 is 0 Å². The summed E-state index contributed by atoms with van der Waals surface area (Å²) >= 11 is 4.71. The summed E-state index contributed by atoms with van der Waals surface area (Å²) in [6, 6.07) is 0. The van der Waals surface area contributed by atoms with Gasteiger partial charge in [-0.3, -0.25) is 0 Å². The molecular formula is C5H7N5S3. The summed E-state index contributed by atoms with van der Waals surface area (Å²) < 4.78 is 1.89. The molecule has 0 aliphatic carbocycles. The highest BCUT2D eigenvalue weighted by Gasteiger charge is 2.01. The first-order chi connectivity index (χ1) is 6.36. The largest absolute Gasteiger partial charge is 0.175 e. The Kier molecular flexibility index (Phi) is 4.99. The molecule has 0 aliphatic heterocycles. The van der Waals surface area contributed by atoms with Gasteiger partial charge in [-0.2, -0.15) is 0 Å². The molecule has 0 unspecified atom stereocenters. The molecule has 0 amide bonds. The molecule has 8 heteroatoms. The number of hydrogen-bond acceptors (Lipinski definition) is 6. The number of hydrogen-bond donors (Lipinski definition) is 0. The van der Waals surface area contributed by atoms with Crippen LogP contribution >= 0.6 is 34.9 Å². The normalized spacial score (nSPS) is 9.62. The molecule has 5 nitrogen and oxygen atoms in total. The van der Waals surface area contributed by atoms with Gasteiger partial charge in [-0.05, 0) is 11.8 Å². The number of aromatic nitrogens is 2. The van der Waals surface area contributed by atoms with Crippen molar-refractivity contribution in [1.29, 1.82) is 0 Å². The van der Waals surface area contributed by atoms with Gasteiger partial charge in [0.25, 0.3) is 0 Å². The van der Waals surface area contributed by atoms with Crippen LogP contribution in [0.25, 0.3) is 10.4 Å². The fourth-order valence-corrected chi connectivity index (χ4v) is 2.89.